The van der Waals surface area contributed by atoms with E-state index in [2.05, 4.69) is 42.7 Å². The highest BCUT2D eigenvalue weighted by Gasteiger charge is 2.29. The molecular formula is C20H24N2O2. The number of hydrogen-bond acceptors (Lipinski definition) is 3. The summed E-state index contributed by atoms with van der Waals surface area (Å²) in [6, 6.07) is 14.3. The van der Waals surface area contributed by atoms with E-state index in [9.17, 15) is 4.79 Å². The molecule has 1 amide bonds. The van der Waals surface area contributed by atoms with Gasteiger partial charge in [0.2, 0.25) is 0 Å². The van der Waals surface area contributed by atoms with Crippen molar-refractivity contribution in [3.05, 3.63) is 64.7 Å². The lowest BCUT2D eigenvalue weighted by atomic mass is 9.98. The van der Waals surface area contributed by atoms with Gasteiger partial charge in [-0.05, 0) is 54.2 Å². The SMILES string of the molecule is Cc1cccc2c1C(C)CC2Nc1cccc(C(=O)NCCO)c1. The topological polar surface area (TPSA) is 61.4 Å². The highest BCUT2D eigenvalue weighted by Crippen LogP contribution is 2.43. The van der Waals surface area contributed by atoms with Crippen LogP contribution >= 0.6 is 0 Å². The van der Waals surface area contributed by atoms with Gasteiger partial charge in [0.25, 0.3) is 5.91 Å². The van der Waals surface area contributed by atoms with Gasteiger partial charge in [-0.15, -0.1) is 0 Å². The molecule has 0 saturated heterocycles. The molecule has 3 N–H and O–H groups in total. The van der Waals surface area contributed by atoms with Gasteiger partial charge >= 0.3 is 0 Å². The maximum Gasteiger partial charge on any atom is 0.251 e. The Hall–Kier alpha value is -2.33. The first-order valence-electron chi connectivity index (χ1n) is 8.45. The first-order valence-corrected chi connectivity index (χ1v) is 8.45. The fraction of sp³-hybridized carbons (Fsp3) is 0.350. The van der Waals surface area contributed by atoms with Crippen LogP contribution in [-0.4, -0.2) is 24.2 Å². The van der Waals surface area contributed by atoms with E-state index in [4.69, 9.17) is 5.11 Å². The van der Waals surface area contributed by atoms with E-state index in [1.165, 1.54) is 16.7 Å². The monoisotopic (exact) mass is 324 g/mol. The van der Waals surface area contributed by atoms with Crippen LogP contribution in [0.25, 0.3) is 0 Å². The number of fused-ring (bicyclic) bond motifs is 1. The molecule has 4 heteroatoms. The normalized spacial score (nSPS) is 19.0. The van der Waals surface area contributed by atoms with Gasteiger partial charge < -0.3 is 15.7 Å². The highest BCUT2D eigenvalue weighted by atomic mass is 16.3. The van der Waals surface area contributed by atoms with E-state index in [1.807, 2.05) is 18.2 Å². The Morgan fingerprint density at radius 1 is 1.25 bits per heavy atom. The van der Waals surface area contributed by atoms with Crippen molar-refractivity contribution in [3.8, 4) is 0 Å². The van der Waals surface area contributed by atoms with Crippen molar-refractivity contribution in [2.24, 2.45) is 0 Å². The van der Waals surface area contributed by atoms with E-state index in [0.717, 1.165) is 12.1 Å². The molecule has 3 rings (SSSR count). The van der Waals surface area contributed by atoms with E-state index in [1.54, 1.807) is 6.07 Å². The zero-order valence-corrected chi connectivity index (χ0v) is 14.2. The number of aryl methyl sites for hydroxylation is 1. The second-order valence-electron chi connectivity index (χ2n) is 6.47. The summed E-state index contributed by atoms with van der Waals surface area (Å²) in [7, 11) is 0. The molecule has 2 unspecified atom stereocenters. The van der Waals surface area contributed by atoms with E-state index in [-0.39, 0.29) is 25.1 Å². The van der Waals surface area contributed by atoms with E-state index < -0.39 is 0 Å². The number of hydrogen-bond donors (Lipinski definition) is 3. The Labute approximate surface area is 142 Å². The lowest BCUT2D eigenvalue weighted by molar-refractivity contribution is 0.0945. The van der Waals surface area contributed by atoms with Crippen LogP contribution in [0.1, 0.15) is 52.4 Å². The van der Waals surface area contributed by atoms with Crippen molar-refractivity contribution in [2.45, 2.75) is 32.2 Å². The minimum atomic E-state index is -0.163. The molecule has 0 bridgehead atoms. The van der Waals surface area contributed by atoms with Crippen LogP contribution in [0.3, 0.4) is 0 Å². The maximum absolute atomic E-state index is 12.0. The standard InChI is InChI=1S/C20H24N2O2/c1-13-5-3-8-17-18(11-14(2)19(13)17)22-16-7-4-6-15(12-16)20(24)21-9-10-23/h3-8,12,14,18,22-23H,9-11H2,1-2H3,(H,21,24). The van der Waals surface area contributed by atoms with Crippen molar-refractivity contribution in [1.82, 2.24) is 5.32 Å². The molecule has 0 radical (unpaired) electrons. The Kier molecular flexibility index (Phi) is 4.86. The van der Waals surface area contributed by atoms with Crippen molar-refractivity contribution < 1.29 is 9.90 Å². The van der Waals surface area contributed by atoms with Crippen molar-refractivity contribution in [2.75, 3.05) is 18.5 Å². The van der Waals surface area contributed by atoms with Gasteiger partial charge in [-0.25, -0.2) is 0 Å². The van der Waals surface area contributed by atoms with Gasteiger partial charge in [-0.1, -0.05) is 31.2 Å². The lowest BCUT2D eigenvalue weighted by Gasteiger charge is -2.16. The Morgan fingerprint density at radius 3 is 2.83 bits per heavy atom. The molecule has 4 nitrogen and oxygen atoms in total. The summed E-state index contributed by atoms with van der Waals surface area (Å²) in [6.45, 7) is 4.65. The number of rotatable bonds is 5. The fourth-order valence-electron chi connectivity index (χ4n) is 3.64. The minimum absolute atomic E-state index is 0.0558. The molecule has 126 valence electrons. The lowest BCUT2D eigenvalue weighted by Crippen LogP contribution is -2.26. The molecule has 2 atom stereocenters. The molecule has 2 aromatic rings. The summed E-state index contributed by atoms with van der Waals surface area (Å²) in [4.78, 5) is 12.0. The smallest absolute Gasteiger partial charge is 0.251 e. The number of amides is 1. The molecule has 24 heavy (non-hydrogen) atoms. The molecule has 0 fully saturated rings. The van der Waals surface area contributed by atoms with Crippen LogP contribution in [0.2, 0.25) is 0 Å². The summed E-state index contributed by atoms with van der Waals surface area (Å²) in [5, 5.41) is 15.1. The van der Waals surface area contributed by atoms with E-state index >= 15 is 0 Å². The number of anilines is 1. The number of benzene rings is 2. The average Bonchev–Trinajstić information content (AvgIpc) is 2.90. The zero-order chi connectivity index (χ0) is 17.1. The Bertz CT molecular complexity index is 742. The molecule has 1 aliphatic carbocycles. The largest absolute Gasteiger partial charge is 0.395 e. The van der Waals surface area contributed by atoms with Crippen LogP contribution < -0.4 is 10.6 Å². The van der Waals surface area contributed by atoms with Crippen molar-refractivity contribution in [3.63, 3.8) is 0 Å². The molecule has 0 heterocycles. The molecule has 1 aliphatic rings. The third kappa shape index (κ3) is 3.29. The second kappa shape index (κ2) is 7.05. The predicted molar refractivity (Wildman–Crippen MR) is 96.4 cm³/mol. The van der Waals surface area contributed by atoms with Gasteiger partial charge in [0.05, 0.1) is 12.6 Å². The second-order valence-corrected chi connectivity index (χ2v) is 6.47. The Balaban J connectivity index is 1.79. The summed E-state index contributed by atoms with van der Waals surface area (Å²) >= 11 is 0. The molecule has 0 saturated carbocycles. The number of nitrogens with one attached hydrogen (secondary N) is 2. The Morgan fingerprint density at radius 2 is 2.04 bits per heavy atom. The number of aliphatic hydroxyl groups excluding tert-OH is 1. The average molecular weight is 324 g/mol. The molecule has 0 aliphatic heterocycles. The zero-order valence-electron chi connectivity index (χ0n) is 14.2. The molecule has 2 aromatic carbocycles. The first kappa shape index (κ1) is 16.5. The molecule has 0 aromatic heterocycles. The third-order valence-corrected chi connectivity index (χ3v) is 4.68. The van der Waals surface area contributed by atoms with Gasteiger partial charge in [0, 0.05) is 17.8 Å². The van der Waals surface area contributed by atoms with Crippen LogP contribution in [0, 0.1) is 6.92 Å². The van der Waals surface area contributed by atoms with Gasteiger partial charge in [0.15, 0.2) is 0 Å². The quantitative estimate of drug-likeness (QED) is 0.790. The summed E-state index contributed by atoms with van der Waals surface area (Å²) < 4.78 is 0. The van der Waals surface area contributed by atoms with Crippen LogP contribution in [-0.2, 0) is 0 Å². The predicted octanol–water partition coefficient (Wildman–Crippen LogP) is 3.38. The molecule has 0 spiro atoms. The highest BCUT2D eigenvalue weighted by molar-refractivity contribution is 5.95. The first-order chi connectivity index (χ1) is 11.6. The van der Waals surface area contributed by atoms with Gasteiger partial charge in [-0.2, -0.15) is 0 Å². The van der Waals surface area contributed by atoms with Gasteiger partial charge in [-0.3, -0.25) is 4.79 Å². The fourth-order valence-corrected chi connectivity index (χ4v) is 3.64. The number of carbonyl (C=O) groups is 1. The van der Waals surface area contributed by atoms with Crippen molar-refractivity contribution >= 4 is 11.6 Å². The van der Waals surface area contributed by atoms with Crippen LogP contribution in [0.4, 0.5) is 5.69 Å². The van der Waals surface area contributed by atoms with E-state index in [0.29, 0.717) is 11.5 Å². The number of carbonyl (C=O) groups excluding carboxylic acids is 1. The molecular weight excluding hydrogens is 300 g/mol. The van der Waals surface area contributed by atoms with Crippen LogP contribution in [0.15, 0.2) is 42.5 Å². The third-order valence-electron chi connectivity index (χ3n) is 4.68. The van der Waals surface area contributed by atoms with Crippen LogP contribution in [0.5, 0.6) is 0 Å². The summed E-state index contributed by atoms with van der Waals surface area (Å²) in [6.07, 6.45) is 1.06. The summed E-state index contributed by atoms with van der Waals surface area (Å²) in [5.41, 5.74) is 5.70. The number of aliphatic hydroxyl groups is 1. The van der Waals surface area contributed by atoms with Gasteiger partial charge in [0.1, 0.15) is 0 Å². The van der Waals surface area contributed by atoms with Crippen molar-refractivity contribution in [1.29, 1.82) is 0 Å². The summed E-state index contributed by atoms with van der Waals surface area (Å²) in [5.74, 6) is 0.374. The minimum Gasteiger partial charge on any atom is -0.395 e. The maximum atomic E-state index is 12.0.